The lowest BCUT2D eigenvalue weighted by atomic mass is 9.95. The third-order valence-corrected chi connectivity index (χ3v) is 10.9. The van der Waals surface area contributed by atoms with E-state index in [4.69, 9.17) is 15.2 Å². The number of benzene rings is 2. The van der Waals surface area contributed by atoms with Crippen LogP contribution in [0, 0.1) is 23.0 Å². The van der Waals surface area contributed by atoms with Crippen molar-refractivity contribution in [1.82, 2.24) is 19.8 Å². The molecule has 7 rings (SSSR count). The Hall–Kier alpha value is -4.41. The number of rotatable bonds is 8. The van der Waals surface area contributed by atoms with Gasteiger partial charge in [-0.2, -0.15) is 15.2 Å². The lowest BCUT2D eigenvalue weighted by molar-refractivity contribution is -0.127. The lowest BCUT2D eigenvalue weighted by Gasteiger charge is -2.31. The number of alkyl halides is 1. The van der Waals surface area contributed by atoms with Crippen molar-refractivity contribution in [1.29, 1.82) is 5.26 Å². The number of carbonyl (C=O) groups is 1. The van der Waals surface area contributed by atoms with Gasteiger partial charge in [-0.25, -0.2) is 13.2 Å². The van der Waals surface area contributed by atoms with Crippen LogP contribution in [0.15, 0.2) is 36.9 Å². The van der Waals surface area contributed by atoms with Crippen LogP contribution in [0.3, 0.4) is 0 Å². The van der Waals surface area contributed by atoms with Gasteiger partial charge in [-0.15, -0.1) is 11.3 Å². The molecule has 2 aromatic carbocycles. The largest absolute Gasteiger partial charge is 0.471 e. The van der Waals surface area contributed by atoms with E-state index < -0.39 is 29.4 Å². The predicted molar refractivity (Wildman–Crippen MR) is 173 cm³/mol. The number of fused-ring (bicyclic) bond motifs is 3. The number of nitrogen functional groups attached to an aromatic ring is 1. The zero-order valence-electron chi connectivity index (χ0n) is 25.8. The molecule has 5 heterocycles. The van der Waals surface area contributed by atoms with E-state index in [1.165, 1.54) is 24.3 Å². The number of ether oxygens (including phenoxy) is 2. The summed E-state index contributed by atoms with van der Waals surface area (Å²) in [6.45, 7) is 7.28. The molecule has 13 heteroatoms. The smallest absolute Gasteiger partial charge is 0.320 e. The second kappa shape index (κ2) is 12.0. The minimum atomic E-state index is -0.957. The van der Waals surface area contributed by atoms with Gasteiger partial charge in [0.05, 0.1) is 27.2 Å². The number of likely N-dealkylation sites (tertiary alicyclic amines) is 1. The van der Waals surface area contributed by atoms with E-state index in [1.54, 1.807) is 11.0 Å². The van der Waals surface area contributed by atoms with Crippen molar-refractivity contribution < 1.29 is 27.4 Å². The Bertz CT molecular complexity index is 1960. The zero-order chi connectivity index (χ0) is 33.0. The van der Waals surface area contributed by atoms with E-state index in [0.717, 1.165) is 30.7 Å². The van der Waals surface area contributed by atoms with E-state index in [1.807, 2.05) is 13.0 Å². The van der Waals surface area contributed by atoms with Gasteiger partial charge in [-0.05, 0) is 49.6 Å². The third-order valence-electron chi connectivity index (χ3n) is 9.83. The first-order chi connectivity index (χ1) is 22.7. The number of hydrogen-bond donors (Lipinski definition) is 1. The standard InChI is InChI=1S/C34H33F3N6O3S/c1-3-24-25(10-13-43(24)26(44)4-2)46-32-21-7-6-20(19-8-9-23(36)30-27(19)22(15-38)31(39)47-30)28(37)29(21)40-33(41-32)45-17-34-11-5-12-42(34)16-18(35)14-34/h4,6-9,18,24-25H,2-3,5,10-14,16-17,39H2,1H3/t18-,24-,25-,34+/m1/s1. The Morgan fingerprint density at radius 1 is 1.26 bits per heavy atom. The first kappa shape index (κ1) is 31.2. The van der Waals surface area contributed by atoms with Crippen molar-refractivity contribution in [3.8, 4) is 29.1 Å². The van der Waals surface area contributed by atoms with Crippen molar-refractivity contribution in [3.05, 3.63) is 54.1 Å². The molecule has 4 atom stereocenters. The van der Waals surface area contributed by atoms with Crippen molar-refractivity contribution in [2.45, 2.75) is 62.9 Å². The Balaban J connectivity index is 1.33. The van der Waals surface area contributed by atoms with Crippen LogP contribution in [0.1, 0.15) is 44.6 Å². The lowest BCUT2D eigenvalue weighted by Crippen LogP contribution is -2.43. The first-order valence-corrected chi connectivity index (χ1v) is 16.5. The molecule has 0 radical (unpaired) electrons. The van der Waals surface area contributed by atoms with Crippen LogP contribution in [0.2, 0.25) is 0 Å². The maximum atomic E-state index is 16.7. The second-order valence-corrected chi connectivity index (χ2v) is 13.5. The molecule has 0 unspecified atom stereocenters. The van der Waals surface area contributed by atoms with Gasteiger partial charge < -0.3 is 20.1 Å². The predicted octanol–water partition coefficient (Wildman–Crippen LogP) is 6.14. The quantitative estimate of drug-likeness (QED) is 0.224. The Labute approximate surface area is 273 Å². The highest BCUT2D eigenvalue weighted by molar-refractivity contribution is 7.23. The normalized spacial score (nSPS) is 24.1. The molecule has 244 valence electrons. The van der Waals surface area contributed by atoms with Gasteiger partial charge in [0.2, 0.25) is 11.8 Å². The van der Waals surface area contributed by atoms with E-state index in [9.17, 15) is 18.8 Å². The molecule has 3 fully saturated rings. The van der Waals surface area contributed by atoms with E-state index in [0.29, 0.717) is 32.4 Å². The maximum absolute atomic E-state index is 16.7. The fourth-order valence-corrected chi connectivity index (χ4v) is 8.58. The molecule has 3 aliphatic rings. The summed E-state index contributed by atoms with van der Waals surface area (Å²) in [6, 6.07) is 7.42. The number of hydrogen-bond acceptors (Lipinski definition) is 9. The Morgan fingerprint density at radius 3 is 2.83 bits per heavy atom. The summed E-state index contributed by atoms with van der Waals surface area (Å²) in [6.07, 6.45) is 3.04. The maximum Gasteiger partial charge on any atom is 0.320 e. The highest BCUT2D eigenvalue weighted by Gasteiger charge is 2.49. The number of amides is 1. The van der Waals surface area contributed by atoms with E-state index in [-0.39, 0.29) is 73.1 Å². The zero-order valence-corrected chi connectivity index (χ0v) is 26.6. The van der Waals surface area contributed by atoms with Crippen molar-refractivity contribution in [2.75, 3.05) is 32.0 Å². The molecule has 0 spiro atoms. The minimum Gasteiger partial charge on any atom is -0.471 e. The fraction of sp³-hybridized carbons (Fsp3) is 0.412. The number of nitrogens with zero attached hydrogens (tertiary/aromatic N) is 5. The molecule has 3 saturated heterocycles. The molecule has 2 aromatic heterocycles. The summed E-state index contributed by atoms with van der Waals surface area (Å²) in [5.74, 6) is -1.42. The molecule has 9 nitrogen and oxygen atoms in total. The average molecular weight is 663 g/mol. The number of nitriles is 1. The molecule has 3 aliphatic heterocycles. The number of halogens is 3. The van der Waals surface area contributed by atoms with Crippen LogP contribution in [-0.4, -0.2) is 75.8 Å². The summed E-state index contributed by atoms with van der Waals surface area (Å²) in [4.78, 5) is 25.4. The topological polar surface area (TPSA) is 118 Å². The summed E-state index contributed by atoms with van der Waals surface area (Å²) in [5.41, 5.74) is 5.90. The van der Waals surface area contributed by atoms with Gasteiger partial charge >= 0.3 is 6.01 Å². The summed E-state index contributed by atoms with van der Waals surface area (Å²) in [5, 5.41) is 10.4. The van der Waals surface area contributed by atoms with E-state index in [2.05, 4.69) is 21.4 Å². The van der Waals surface area contributed by atoms with Gasteiger partial charge in [0, 0.05) is 36.9 Å². The number of thiophene rings is 1. The van der Waals surface area contributed by atoms with Gasteiger partial charge in [-0.3, -0.25) is 9.69 Å². The number of anilines is 1. The summed E-state index contributed by atoms with van der Waals surface area (Å²) >= 11 is 0.930. The average Bonchev–Trinajstić information content (AvgIpc) is 3.81. The highest BCUT2D eigenvalue weighted by Crippen LogP contribution is 2.44. The van der Waals surface area contributed by atoms with Crippen LogP contribution in [0.5, 0.6) is 11.9 Å². The molecule has 47 heavy (non-hydrogen) atoms. The Morgan fingerprint density at radius 2 is 2.06 bits per heavy atom. The van der Waals surface area contributed by atoms with Crippen LogP contribution >= 0.6 is 11.3 Å². The fourth-order valence-electron chi connectivity index (χ4n) is 7.63. The van der Waals surface area contributed by atoms with Crippen LogP contribution < -0.4 is 15.2 Å². The van der Waals surface area contributed by atoms with Crippen LogP contribution in [-0.2, 0) is 4.79 Å². The first-order valence-electron chi connectivity index (χ1n) is 15.7. The second-order valence-electron chi connectivity index (χ2n) is 12.4. The van der Waals surface area contributed by atoms with Crippen LogP contribution in [0.4, 0.5) is 18.2 Å². The van der Waals surface area contributed by atoms with Crippen molar-refractivity contribution in [2.24, 2.45) is 0 Å². The molecule has 0 bridgehead atoms. The van der Waals surface area contributed by atoms with Crippen molar-refractivity contribution >= 4 is 43.2 Å². The summed E-state index contributed by atoms with van der Waals surface area (Å²) < 4.78 is 58.8. The monoisotopic (exact) mass is 662 g/mol. The van der Waals surface area contributed by atoms with Gasteiger partial charge in [0.1, 0.15) is 41.3 Å². The molecule has 4 aromatic rings. The van der Waals surface area contributed by atoms with Crippen molar-refractivity contribution in [3.63, 3.8) is 0 Å². The van der Waals surface area contributed by atoms with Gasteiger partial charge in [0.25, 0.3) is 0 Å². The van der Waals surface area contributed by atoms with Gasteiger partial charge in [-0.1, -0.05) is 25.6 Å². The van der Waals surface area contributed by atoms with Gasteiger partial charge in [0.15, 0.2) is 5.82 Å². The van der Waals surface area contributed by atoms with E-state index >= 15 is 4.39 Å². The third kappa shape index (κ3) is 5.14. The molecule has 0 saturated carbocycles. The molecule has 0 aliphatic carbocycles. The minimum absolute atomic E-state index is 0.0725. The SMILES string of the molecule is C=CC(=O)N1CC[C@@H](Oc2nc(OC[C@@]34CCCN3C[C@H](F)C4)nc3c(F)c(-c4ccc(F)c5sc(N)c(C#N)c45)ccc23)[C@H]1CC. The number of aromatic nitrogens is 2. The number of nitrogens with two attached hydrogens (primary N) is 1. The number of carbonyl (C=O) groups excluding carboxylic acids is 1. The van der Waals surface area contributed by atoms with Crippen LogP contribution in [0.25, 0.3) is 32.1 Å². The molecular formula is C34H33F3N6O3S. The molecule has 1 amide bonds. The Kier molecular flexibility index (Phi) is 7.96. The highest BCUT2D eigenvalue weighted by atomic mass is 32.1. The summed E-state index contributed by atoms with van der Waals surface area (Å²) in [7, 11) is 0. The molecular weight excluding hydrogens is 629 g/mol. The molecule has 2 N–H and O–H groups in total.